The highest BCUT2D eigenvalue weighted by molar-refractivity contribution is 7.10. The van der Waals surface area contributed by atoms with Gasteiger partial charge < -0.3 is 5.32 Å². The van der Waals surface area contributed by atoms with Gasteiger partial charge in [-0.05, 0) is 62.9 Å². The van der Waals surface area contributed by atoms with Crippen molar-refractivity contribution in [1.82, 2.24) is 10.3 Å². The molecule has 3 rings (SSSR count). The van der Waals surface area contributed by atoms with E-state index in [-0.39, 0.29) is 0 Å². The second-order valence-electron chi connectivity index (χ2n) is 5.87. The molecule has 0 aliphatic carbocycles. The van der Waals surface area contributed by atoms with Crippen LogP contribution in [0.3, 0.4) is 0 Å². The Balaban J connectivity index is 1.91. The Hall–Kier alpha value is -1.19. The summed E-state index contributed by atoms with van der Waals surface area (Å²) in [5, 5.41) is 7.00. The Morgan fingerprint density at radius 2 is 1.95 bits per heavy atom. The standard InChI is InChI=1S/C17H22N2S/c1-11-7-13(3)15(8-12(11)2)16-10-20-17(19-16)14-5-4-6-18-9-14/h7-8,10,14,18H,4-6,9H2,1-3H3. The van der Waals surface area contributed by atoms with E-state index >= 15 is 0 Å². The summed E-state index contributed by atoms with van der Waals surface area (Å²) in [6, 6.07) is 4.55. The number of piperidine rings is 1. The fourth-order valence-electron chi connectivity index (χ4n) is 2.90. The normalized spacial score (nSPS) is 19.2. The Bertz CT molecular complexity index is 609. The Kier molecular flexibility index (Phi) is 3.90. The zero-order valence-electron chi connectivity index (χ0n) is 12.5. The van der Waals surface area contributed by atoms with E-state index in [0.29, 0.717) is 5.92 Å². The molecule has 0 bridgehead atoms. The predicted molar refractivity (Wildman–Crippen MR) is 86.6 cm³/mol. The fraction of sp³-hybridized carbons (Fsp3) is 0.471. The maximum Gasteiger partial charge on any atom is 0.0976 e. The first kappa shape index (κ1) is 13.8. The van der Waals surface area contributed by atoms with E-state index in [1.165, 1.54) is 40.1 Å². The van der Waals surface area contributed by atoms with Crippen LogP contribution in [0.25, 0.3) is 11.3 Å². The van der Waals surface area contributed by atoms with Crippen LogP contribution in [0.4, 0.5) is 0 Å². The lowest BCUT2D eigenvalue weighted by atomic mass is 9.98. The van der Waals surface area contributed by atoms with Crippen LogP contribution in [0.15, 0.2) is 17.5 Å². The zero-order chi connectivity index (χ0) is 14.1. The number of benzene rings is 1. The first-order valence-corrected chi connectivity index (χ1v) is 8.27. The molecule has 1 aromatic heterocycles. The molecule has 0 amide bonds. The van der Waals surface area contributed by atoms with Gasteiger partial charge in [0.15, 0.2) is 0 Å². The summed E-state index contributed by atoms with van der Waals surface area (Å²) in [7, 11) is 0. The molecule has 1 atom stereocenters. The Morgan fingerprint density at radius 3 is 2.70 bits per heavy atom. The van der Waals surface area contributed by atoms with Gasteiger partial charge in [-0.25, -0.2) is 4.98 Å². The summed E-state index contributed by atoms with van der Waals surface area (Å²) in [6.45, 7) is 8.77. The van der Waals surface area contributed by atoms with E-state index in [9.17, 15) is 0 Å². The molecule has 1 unspecified atom stereocenters. The van der Waals surface area contributed by atoms with Crippen molar-refractivity contribution in [1.29, 1.82) is 0 Å². The van der Waals surface area contributed by atoms with Crippen molar-refractivity contribution in [3.05, 3.63) is 39.2 Å². The van der Waals surface area contributed by atoms with Crippen molar-refractivity contribution in [3.8, 4) is 11.3 Å². The summed E-state index contributed by atoms with van der Waals surface area (Å²) in [4.78, 5) is 4.91. The first-order valence-electron chi connectivity index (χ1n) is 7.39. The fourth-order valence-corrected chi connectivity index (χ4v) is 3.85. The smallest absolute Gasteiger partial charge is 0.0976 e. The molecule has 20 heavy (non-hydrogen) atoms. The average molecular weight is 286 g/mol. The maximum atomic E-state index is 4.91. The van der Waals surface area contributed by atoms with E-state index in [2.05, 4.69) is 43.6 Å². The van der Waals surface area contributed by atoms with Crippen LogP contribution in [-0.4, -0.2) is 18.1 Å². The zero-order valence-corrected chi connectivity index (χ0v) is 13.3. The van der Waals surface area contributed by atoms with Crippen LogP contribution >= 0.6 is 11.3 Å². The quantitative estimate of drug-likeness (QED) is 0.895. The minimum absolute atomic E-state index is 0.606. The van der Waals surface area contributed by atoms with E-state index in [0.717, 1.165) is 18.8 Å². The highest BCUT2D eigenvalue weighted by Crippen LogP contribution is 2.32. The third-order valence-electron chi connectivity index (χ3n) is 4.28. The van der Waals surface area contributed by atoms with E-state index in [1.54, 1.807) is 0 Å². The summed E-state index contributed by atoms with van der Waals surface area (Å²) in [5.41, 5.74) is 6.47. The van der Waals surface area contributed by atoms with Crippen molar-refractivity contribution < 1.29 is 0 Å². The Morgan fingerprint density at radius 1 is 1.15 bits per heavy atom. The van der Waals surface area contributed by atoms with Gasteiger partial charge >= 0.3 is 0 Å². The second kappa shape index (κ2) is 5.66. The second-order valence-corrected chi connectivity index (χ2v) is 6.76. The molecule has 2 nitrogen and oxygen atoms in total. The molecular formula is C17H22N2S. The van der Waals surface area contributed by atoms with Gasteiger partial charge in [0.25, 0.3) is 0 Å². The van der Waals surface area contributed by atoms with Crippen molar-refractivity contribution >= 4 is 11.3 Å². The number of nitrogens with one attached hydrogen (secondary N) is 1. The average Bonchev–Trinajstić information content (AvgIpc) is 2.93. The summed E-state index contributed by atoms with van der Waals surface area (Å²) < 4.78 is 0. The van der Waals surface area contributed by atoms with Gasteiger partial charge in [0.2, 0.25) is 0 Å². The van der Waals surface area contributed by atoms with Crippen molar-refractivity contribution in [3.63, 3.8) is 0 Å². The maximum absolute atomic E-state index is 4.91. The molecule has 1 aromatic carbocycles. The highest BCUT2D eigenvalue weighted by atomic mass is 32.1. The molecule has 0 saturated carbocycles. The van der Waals surface area contributed by atoms with Gasteiger partial charge in [-0.1, -0.05) is 6.07 Å². The third kappa shape index (κ3) is 2.65. The third-order valence-corrected chi connectivity index (χ3v) is 5.29. The number of aryl methyl sites for hydroxylation is 3. The minimum Gasteiger partial charge on any atom is -0.316 e. The number of rotatable bonds is 2. The predicted octanol–water partition coefficient (Wildman–Crippen LogP) is 4.20. The van der Waals surface area contributed by atoms with E-state index < -0.39 is 0 Å². The SMILES string of the molecule is Cc1cc(C)c(-c2csc(C3CCCNC3)n2)cc1C. The van der Waals surface area contributed by atoms with Gasteiger partial charge in [-0.15, -0.1) is 11.3 Å². The summed E-state index contributed by atoms with van der Waals surface area (Å²) >= 11 is 1.82. The lowest BCUT2D eigenvalue weighted by molar-refractivity contribution is 0.460. The van der Waals surface area contributed by atoms with Crippen LogP contribution in [0.2, 0.25) is 0 Å². The number of nitrogens with zero attached hydrogens (tertiary/aromatic N) is 1. The van der Waals surface area contributed by atoms with Crippen LogP contribution in [0.5, 0.6) is 0 Å². The number of hydrogen-bond acceptors (Lipinski definition) is 3. The van der Waals surface area contributed by atoms with Crippen molar-refractivity contribution in [2.24, 2.45) is 0 Å². The van der Waals surface area contributed by atoms with E-state index in [1.807, 2.05) is 11.3 Å². The van der Waals surface area contributed by atoms with Crippen LogP contribution < -0.4 is 5.32 Å². The summed E-state index contributed by atoms with van der Waals surface area (Å²) in [6.07, 6.45) is 2.54. The largest absolute Gasteiger partial charge is 0.316 e. The lowest BCUT2D eigenvalue weighted by Crippen LogP contribution is -2.28. The molecule has 2 heterocycles. The van der Waals surface area contributed by atoms with Crippen LogP contribution in [0.1, 0.15) is 40.5 Å². The number of aromatic nitrogens is 1. The molecule has 1 aliphatic heterocycles. The molecule has 0 spiro atoms. The number of hydrogen-bond donors (Lipinski definition) is 1. The molecule has 2 aromatic rings. The monoisotopic (exact) mass is 286 g/mol. The molecule has 1 saturated heterocycles. The summed E-state index contributed by atoms with van der Waals surface area (Å²) in [5.74, 6) is 0.606. The van der Waals surface area contributed by atoms with Crippen molar-refractivity contribution in [2.45, 2.75) is 39.5 Å². The van der Waals surface area contributed by atoms with Crippen LogP contribution in [0, 0.1) is 20.8 Å². The van der Waals surface area contributed by atoms with Gasteiger partial charge in [0.1, 0.15) is 0 Å². The van der Waals surface area contributed by atoms with Gasteiger partial charge in [-0.2, -0.15) is 0 Å². The molecule has 106 valence electrons. The van der Waals surface area contributed by atoms with Gasteiger partial charge in [-0.3, -0.25) is 0 Å². The molecule has 0 radical (unpaired) electrons. The van der Waals surface area contributed by atoms with E-state index in [4.69, 9.17) is 4.98 Å². The van der Waals surface area contributed by atoms with Gasteiger partial charge in [0.05, 0.1) is 10.7 Å². The topological polar surface area (TPSA) is 24.9 Å². The highest BCUT2D eigenvalue weighted by Gasteiger charge is 2.19. The molecule has 1 N–H and O–H groups in total. The minimum atomic E-state index is 0.606. The van der Waals surface area contributed by atoms with Crippen molar-refractivity contribution in [2.75, 3.05) is 13.1 Å². The Labute approximate surface area is 125 Å². The molecule has 1 aliphatic rings. The molecule has 1 fully saturated rings. The lowest BCUT2D eigenvalue weighted by Gasteiger charge is -2.20. The molecular weight excluding hydrogens is 264 g/mol. The van der Waals surface area contributed by atoms with Gasteiger partial charge in [0, 0.05) is 23.4 Å². The number of thiazole rings is 1. The molecule has 3 heteroatoms. The van der Waals surface area contributed by atoms with Crippen LogP contribution in [-0.2, 0) is 0 Å². The first-order chi connectivity index (χ1) is 9.65.